The van der Waals surface area contributed by atoms with Gasteiger partial charge in [-0.05, 0) is 62.0 Å². The minimum atomic E-state index is -0.456. The molecule has 0 spiro atoms. The molecule has 31 heavy (non-hydrogen) atoms. The fourth-order valence-electron chi connectivity index (χ4n) is 3.43. The van der Waals surface area contributed by atoms with Gasteiger partial charge in [-0.15, -0.1) is 0 Å². The molecule has 4 rings (SSSR count). The zero-order chi connectivity index (χ0) is 22.1. The van der Waals surface area contributed by atoms with E-state index < -0.39 is 17.1 Å². The number of carbonyl (C=O) groups excluding carboxylic acids is 3. The molecule has 2 aromatic carbocycles. The monoisotopic (exact) mass is 497 g/mol. The lowest BCUT2D eigenvalue weighted by atomic mass is 10.1. The normalized spacial score (nSPS) is 15.5. The molecule has 0 atom stereocenters. The lowest BCUT2D eigenvalue weighted by Gasteiger charge is -2.12. The van der Waals surface area contributed by atoms with Crippen molar-refractivity contribution in [3.63, 3.8) is 0 Å². The summed E-state index contributed by atoms with van der Waals surface area (Å²) in [6, 6.07) is 15.3. The minimum absolute atomic E-state index is 0.254. The molecule has 1 fully saturated rings. The van der Waals surface area contributed by atoms with Gasteiger partial charge in [0.1, 0.15) is 6.54 Å². The molecular formula is C23H20BrN3O3S. The molecule has 1 aromatic heterocycles. The smallest absolute Gasteiger partial charge is 0.294 e. The molecule has 1 aliphatic heterocycles. The Morgan fingerprint density at radius 1 is 1.13 bits per heavy atom. The van der Waals surface area contributed by atoms with Gasteiger partial charge in [0.2, 0.25) is 5.91 Å². The van der Waals surface area contributed by atoms with E-state index in [0.29, 0.717) is 10.6 Å². The standard InChI is InChI=1S/C23H20BrN3O3S/c1-14(2)26-12-15(18-5-3-4-6-19(18)26)11-20-22(29)27(23(30)31-20)13-21(28)25-17-9-7-16(24)8-10-17/h3-12,14H,13H2,1-2H3,(H,25,28)/b20-11+. The van der Waals surface area contributed by atoms with Crippen LogP contribution in [0.25, 0.3) is 17.0 Å². The maximum Gasteiger partial charge on any atom is 0.294 e. The van der Waals surface area contributed by atoms with E-state index >= 15 is 0 Å². The van der Waals surface area contributed by atoms with Gasteiger partial charge in [0, 0.05) is 38.9 Å². The van der Waals surface area contributed by atoms with Crippen LogP contribution in [0.4, 0.5) is 10.5 Å². The molecule has 158 valence electrons. The van der Waals surface area contributed by atoms with Crippen molar-refractivity contribution in [2.75, 3.05) is 11.9 Å². The topological polar surface area (TPSA) is 71.4 Å². The number of rotatable bonds is 5. The number of aromatic nitrogens is 1. The molecule has 3 aromatic rings. The second kappa shape index (κ2) is 8.72. The zero-order valence-corrected chi connectivity index (χ0v) is 19.4. The van der Waals surface area contributed by atoms with Crippen molar-refractivity contribution < 1.29 is 14.4 Å². The Balaban J connectivity index is 1.54. The van der Waals surface area contributed by atoms with Crippen molar-refractivity contribution in [2.24, 2.45) is 0 Å². The van der Waals surface area contributed by atoms with Gasteiger partial charge in [0.15, 0.2) is 0 Å². The van der Waals surface area contributed by atoms with E-state index in [1.165, 1.54) is 0 Å². The number of anilines is 1. The van der Waals surface area contributed by atoms with Crippen molar-refractivity contribution >= 4 is 67.4 Å². The van der Waals surface area contributed by atoms with Crippen molar-refractivity contribution in [1.82, 2.24) is 9.47 Å². The SMILES string of the molecule is CC(C)n1cc(/C=C2/SC(=O)N(CC(=O)Nc3ccc(Br)cc3)C2=O)c2ccccc21. The fraction of sp³-hybridized carbons (Fsp3) is 0.174. The van der Waals surface area contributed by atoms with Gasteiger partial charge in [0.05, 0.1) is 4.91 Å². The second-order valence-electron chi connectivity index (χ2n) is 7.43. The molecule has 0 bridgehead atoms. The van der Waals surface area contributed by atoms with E-state index in [2.05, 4.69) is 39.7 Å². The van der Waals surface area contributed by atoms with E-state index in [9.17, 15) is 14.4 Å². The van der Waals surface area contributed by atoms with Crippen LogP contribution in [0, 0.1) is 0 Å². The molecule has 0 aliphatic carbocycles. The van der Waals surface area contributed by atoms with Gasteiger partial charge in [-0.25, -0.2) is 0 Å². The van der Waals surface area contributed by atoms with Crippen LogP contribution < -0.4 is 5.32 Å². The number of thioether (sulfide) groups is 1. The number of halogens is 1. The van der Waals surface area contributed by atoms with E-state index in [4.69, 9.17) is 0 Å². The average molecular weight is 498 g/mol. The number of para-hydroxylation sites is 1. The molecule has 1 aliphatic rings. The Morgan fingerprint density at radius 3 is 2.55 bits per heavy atom. The highest BCUT2D eigenvalue weighted by Gasteiger charge is 2.36. The van der Waals surface area contributed by atoms with Crippen LogP contribution in [-0.4, -0.2) is 33.1 Å². The minimum Gasteiger partial charge on any atom is -0.344 e. The van der Waals surface area contributed by atoms with Crippen LogP contribution in [-0.2, 0) is 9.59 Å². The van der Waals surface area contributed by atoms with Gasteiger partial charge in [0.25, 0.3) is 11.1 Å². The quantitative estimate of drug-likeness (QED) is 0.461. The first-order chi connectivity index (χ1) is 14.8. The van der Waals surface area contributed by atoms with Crippen LogP contribution in [0.15, 0.2) is 64.1 Å². The molecule has 1 N–H and O–H groups in total. The first-order valence-electron chi connectivity index (χ1n) is 9.74. The summed E-state index contributed by atoms with van der Waals surface area (Å²) in [6.45, 7) is 3.86. The van der Waals surface area contributed by atoms with Crippen LogP contribution in [0.3, 0.4) is 0 Å². The average Bonchev–Trinajstić information content (AvgIpc) is 3.23. The molecule has 0 unspecified atom stereocenters. The number of fused-ring (bicyclic) bond motifs is 1. The van der Waals surface area contributed by atoms with Gasteiger partial charge >= 0.3 is 0 Å². The van der Waals surface area contributed by atoms with Crippen LogP contribution >= 0.6 is 27.7 Å². The Hall–Kier alpha value is -2.84. The number of carbonyl (C=O) groups is 3. The zero-order valence-electron chi connectivity index (χ0n) is 17.0. The van der Waals surface area contributed by atoms with Crippen molar-refractivity contribution in [1.29, 1.82) is 0 Å². The summed E-state index contributed by atoms with van der Waals surface area (Å²) in [5, 5.41) is 3.26. The van der Waals surface area contributed by atoms with E-state index in [-0.39, 0.29) is 12.6 Å². The summed E-state index contributed by atoms with van der Waals surface area (Å²) < 4.78 is 3.03. The molecule has 8 heteroatoms. The van der Waals surface area contributed by atoms with Crippen molar-refractivity contribution in [3.8, 4) is 0 Å². The third-order valence-electron chi connectivity index (χ3n) is 4.92. The largest absolute Gasteiger partial charge is 0.344 e. The number of imide groups is 1. The van der Waals surface area contributed by atoms with Crippen LogP contribution in [0.2, 0.25) is 0 Å². The second-order valence-corrected chi connectivity index (χ2v) is 9.33. The molecule has 0 saturated carbocycles. The summed E-state index contributed by atoms with van der Waals surface area (Å²) in [5.74, 6) is -0.885. The molecule has 3 amide bonds. The van der Waals surface area contributed by atoms with Gasteiger partial charge < -0.3 is 9.88 Å². The molecular weight excluding hydrogens is 478 g/mol. The Bertz CT molecular complexity index is 1210. The number of nitrogens with zero attached hydrogens (tertiary/aromatic N) is 2. The highest BCUT2D eigenvalue weighted by atomic mass is 79.9. The van der Waals surface area contributed by atoms with E-state index in [1.54, 1.807) is 30.3 Å². The van der Waals surface area contributed by atoms with Gasteiger partial charge in [-0.3, -0.25) is 19.3 Å². The number of hydrogen-bond donors (Lipinski definition) is 1. The Morgan fingerprint density at radius 2 is 1.84 bits per heavy atom. The Labute approximate surface area is 192 Å². The third kappa shape index (κ3) is 4.45. The van der Waals surface area contributed by atoms with Crippen molar-refractivity contribution in [2.45, 2.75) is 19.9 Å². The van der Waals surface area contributed by atoms with Crippen LogP contribution in [0.5, 0.6) is 0 Å². The summed E-state index contributed by atoms with van der Waals surface area (Å²) in [6.07, 6.45) is 3.72. The van der Waals surface area contributed by atoms with E-state index in [0.717, 1.165) is 37.6 Å². The molecule has 6 nitrogen and oxygen atoms in total. The number of nitrogens with one attached hydrogen (secondary N) is 1. The first kappa shape index (κ1) is 21.4. The molecule has 1 saturated heterocycles. The lowest BCUT2D eigenvalue weighted by molar-refractivity contribution is -0.127. The van der Waals surface area contributed by atoms with Gasteiger partial charge in [-0.2, -0.15) is 0 Å². The molecule has 0 radical (unpaired) electrons. The summed E-state index contributed by atoms with van der Waals surface area (Å²) in [5.41, 5.74) is 2.53. The predicted octanol–water partition coefficient (Wildman–Crippen LogP) is 5.66. The highest BCUT2D eigenvalue weighted by molar-refractivity contribution is 9.10. The van der Waals surface area contributed by atoms with Crippen molar-refractivity contribution in [3.05, 3.63) is 69.7 Å². The number of amides is 3. The number of benzene rings is 2. The Kier molecular flexibility index (Phi) is 6.02. The third-order valence-corrected chi connectivity index (χ3v) is 6.35. The maximum absolute atomic E-state index is 12.9. The lowest BCUT2D eigenvalue weighted by Crippen LogP contribution is -2.36. The highest BCUT2D eigenvalue weighted by Crippen LogP contribution is 2.34. The fourth-order valence-corrected chi connectivity index (χ4v) is 4.52. The number of hydrogen-bond acceptors (Lipinski definition) is 4. The summed E-state index contributed by atoms with van der Waals surface area (Å²) in [4.78, 5) is 38.9. The van der Waals surface area contributed by atoms with E-state index in [1.807, 2.05) is 30.5 Å². The first-order valence-corrected chi connectivity index (χ1v) is 11.3. The summed E-state index contributed by atoms with van der Waals surface area (Å²) in [7, 11) is 0. The molecule has 2 heterocycles. The maximum atomic E-state index is 12.9. The summed E-state index contributed by atoms with van der Waals surface area (Å²) >= 11 is 4.19. The van der Waals surface area contributed by atoms with Gasteiger partial charge in [-0.1, -0.05) is 34.1 Å². The predicted molar refractivity (Wildman–Crippen MR) is 128 cm³/mol. The van der Waals surface area contributed by atoms with Crippen LogP contribution in [0.1, 0.15) is 25.5 Å².